The Bertz CT molecular complexity index is 465. The number of rotatable bonds is 2. The number of aliphatic hydroxyl groups is 1. The van der Waals surface area contributed by atoms with Crippen molar-refractivity contribution >= 4 is 0 Å². The van der Waals surface area contributed by atoms with Crippen LogP contribution in [0.1, 0.15) is 18.4 Å². The third kappa shape index (κ3) is 1.62. The van der Waals surface area contributed by atoms with Gasteiger partial charge >= 0.3 is 0 Å². The second kappa shape index (κ2) is 3.73. The van der Waals surface area contributed by atoms with Crippen LogP contribution in [0.4, 0.5) is 0 Å². The summed E-state index contributed by atoms with van der Waals surface area (Å²) in [5, 5.41) is 16.4. The Labute approximate surface area is 91.7 Å². The van der Waals surface area contributed by atoms with Gasteiger partial charge in [0.25, 0.3) is 0 Å². The van der Waals surface area contributed by atoms with E-state index in [1.54, 1.807) is 0 Å². The van der Waals surface area contributed by atoms with Crippen molar-refractivity contribution in [3.05, 3.63) is 24.2 Å². The van der Waals surface area contributed by atoms with Crippen LogP contribution in [-0.4, -0.2) is 32.9 Å². The number of aromatic nitrogens is 3. The molecule has 6 heteroatoms. The van der Waals surface area contributed by atoms with E-state index in [-0.39, 0.29) is 12.1 Å². The van der Waals surface area contributed by atoms with Crippen molar-refractivity contribution in [3.8, 4) is 11.5 Å². The summed E-state index contributed by atoms with van der Waals surface area (Å²) in [6, 6.07) is 3.72. The fourth-order valence-corrected chi connectivity index (χ4v) is 1.86. The number of β-amino-alcohol motifs (C(OH)–C–C–N with tert-alkyl or cyclic N) is 1. The predicted molar refractivity (Wildman–Crippen MR) is 55.5 cm³/mol. The summed E-state index contributed by atoms with van der Waals surface area (Å²) in [6.07, 6.45) is 2.10. The number of nitrogens with zero attached hydrogens (tertiary/aromatic N) is 2. The first kappa shape index (κ1) is 9.56. The highest BCUT2D eigenvalue weighted by molar-refractivity contribution is 5.47. The van der Waals surface area contributed by atoms with Gasteiger partial charge in [-0.25, -0.2) is 0 Å². The van der Waals surface area contributed by atoms with Gasteiger partial charge in [0.2, 0.25) is 11.7 Å². The van der Waals surface area contributed by atoms with Gasteiger partial charge in [-0.05, 0) is 18.6 Å². The van der Waals surface area contributed by atoms with E-state index < -0.39 is 0 Å². The van der Waals surface area contributed by atoms with E-state index in [2.05, 4.69) is 20.4 Å². The zero-order valence-corrected chi connectivity index (χ0v) is 8.55. The maximum atomic E-state index is 9.39. The van der Waals surface area contributed by atoms with Crippen LogP contribution in [0.3, 0.4) is 0 Å². The highest BCUT2D eigenvalue weighted by atomic mass is 16.5. The molecule has 1 aliphatic heterocycles. The summed E-state index contributed by atoms with van der Waals surface area (Å²) in [5.74, 6) is 1.07. The molecule has 1 fully saturated rings. The Balaban J connectivity index is 1.83. The van der Waals surface area contributed by atoms with Crippen LogP contribution in [0.25, 0.3) is 11.5 Å². The lowest BCUT2D eigenvalue weighted by atomic mass is 10.2. The monoisotopic (exact) mass is 220 g/mol. The largest absolute Gasteiger partial charge is 0.392 e. The molecule has 3 rings (SSSR count). The first-order valence-electron chi connectivity index (χ1n) is 5.22. The summed E-state index contributed by atoms with van der Waals surface area (Å²) < 4.78 is 5.17. The standard InChI is InChI=1S/C10H12N4O2/c15-6-4-8(12-5-6)10-13-9(14-16-10)7-2-1-3-11-7/h1-3,6,8,11-12,15H,4-5H2/t6-,8+/m0/s1. The first-order chi connectivity index (χ1) is 7.83. The van der Waals surface area contributed by atoms with Crippen LogP contribution in [0.2, 0.25) is 0 Å². The highest BCUT2D eigenvalue weighted by Gasteiger charge is 2.28. The van der Waals surface area contributed by atoms with E-state index in [1.165, 1.54) is 0 Å². The van der Waals surface area contributed by atoms with Crippen LogP contribution in [-0.2, 0) is 0 Å². The molecule has 16 heavy (non-hydrogen) atoms. The van der Waals surface area contributed by atoms with Crippen LogP contribution >= 0.6 is 0 Å². The zero-order chi connectivity index (χ0) is 11.0. The van der Waals surface area contributed by atoms with Crippen molar-refractivity contribution in [1.82, 2.24) is 20.4 Å². The van der Waals surface area contributed by atoms with E-state index in [1.807, 2.05) is 18.3 Å². The van der Waals surface area contributed by atoms with Crippen LogP contribution < -0.4 is 5.32 Å². The smallest absolute Gasteiger partial charge is 0.244 e. The normalized spacial score (nSPS) is 25.1. The van der Waals surface area contributed by atoms with Gasteiger partial charge in [0.05, 0.1) is 17.8 Å². The van der Waals surface area contributed by atoms with Crippen LogP contribution in [0.5, 0.6) is 0 Å². The summed E-state index contributed by atoms with van der Waals surface area (Å²) in [6.45, 7) is 0.574. The number of nitrogens with one attached hydrogen (secondary N) is 2. The molecular weight excluding hydrogens is 208 g/mol. The van der Waals surface area contributed by atoms with Gasteiger partial charge < -0.3 is 19.9 Å². The molecule has 3 heterocycles. The van der Waals surface area contributed by atoms with Gasteiger partial charge in [-0.2, -0.15) is 4.98 Å². The van der Waals surface area contributed by atoms with Crippen molar-refractivity contribution in [2.75, 3.05) is 6.54 Å². The Kier molecular flexibility index (Phi) is 2.23. The Morgan fingerprint density at radius 3 is 3.12 bits per heavy atom. The van der Waals surface area contributed by atoms with Crippen molar-refractivity contribution < 1.29 is 9.63 Å². The average Bonchev–Trinajstić information content (AvgIpc) is 2.97. The van der Waals surface area contributed by atoms with Gasteiger partial charge in [-0.15, -0.1) is 0 Å². The average molecular weight is 220 g/mol. The molecule has 0 aromatic carbocycles. The Morgan fingerprint density at radius 2 is 2.44 bits per heavy atom. The molecule has 6 nitrogen and oxygen atoms in total. The number of hydrogen-bond acceptors (Lipinski definition) is 5. The lowest BCUT2D eigenvalue weighted by Gasteiger charge is -2.01. The molecule has 0 bridgehead atoms. The number of H-pyrrole nitrogens is 1. The molecule has 84 valence electrons. The summed E-state index contributed by atoms with van der Waals surface area (Å²) in [4.78, 5) is 7.30. The summed E-state index contributed by atoms with van der Waals surface area (Å²) in [5.41, 5.74) is 0.827. The van der Waals surface area contributed by atoms with E-state index in [0.717, 1.165) is 5.69 Å². The second-order valence-electron chi connectivity index (χ2n) is 3.89. The number of aromatic amines is 1. The minimum Gasteiger partial charge on any atom is -0.392 e. The zero-order valence-electron chi connectivity index (χ0n) is 8.55. The predicted octanol–water partition coefficient (Wildman–Crippen LogP) is 0.460. The molecule has 0 saturated carbocycles. The van der Waals surface area contributed by atoms with E-state index in [9.17, 15) is 5.11 Å². The van der Waals surface area contributed by atoms with Gasteiger partial charge in [-0.3, -0.25) is 0 Å². The maximum Gasteiger partial charge on any atom is 0.244 e. The fourth-order valence-electron chi connectivity index (χ4n) is 1.86. The fraction of sp³-hybridized carbons (Fsp3) is 0.400. The van der Waals surface area contributed by atoms with E-state index in [4.69, 9.17) is 4.52 Å². The molecule has 2 aromatic heterocycles. The third-order valence-electron chi connectivity index (χ3n) is 2.69. The van der Waals surface area contributed by atoms with Gasteiger partial charge in [0.1, 0.15) is 0 Å². The molecule has 0 radical (unpaired) electrons. The topological polar surface area (TPSA) is 87.0 Å². The highest BCUT2D eigenvalue weighted by Crippen LogP contribution is 2.23. The number of aliphatic hydroxyl groups excluding tert-OH is 1. The minimum atomic E-state index is -0.328. The quantitative estimate of drug-likeness (QED) is 0.684. The van der Waals surface area contributed by atoms with Gasteiger partial charge in [0, 0.05) is 12.7 Å². The second-order valence-corrected chi connectivity index (χ2v) is 3.89. The van der Waals surface area contributed by atoms with E-state index >= 15 is 0 Å². The minimum absolute atomic E-state index is 0.0359. The van der Waals surface area contributed by atoms with E-state index in [0.29, 0.717) is 24.7 Å². The lowest BCUT2D eigenvalue weighted by Crippen LogP contribution is -2.15. The SMILES string of the molecule is O[C@@H]1CN[C@@H](c2nc(-c3ccc[nH]3)no2)C1. The lowest BCUT2D eigenvalue weighted by molar-refractivity contribution is 0.191. The van der Waals surface area contributed by atoms with Crippen molar-refractivity contribution in [1.29, 1.82) is 0 Å². The Morgan fingerprint density at radius 1 is 1.50 bits per heavy atom. The molecular formula is C10H12N4O2. The third-order valence-corrected chi connectivity index (χ3v) is 2.69. The maximum absolute atomic E-state index is 9.39. The molecule has 0 spiro atoms. The van der Waals surface area contributed by atoms with Crippen molar-refractivity contribution in [2.45, 2.75) is 18.6 Å². The van der Waals surface area contributed by atoms with Gasteiger partial charge in [-0.1, -0.05) is 5.16 Å². The molecule has 2 aromatic rings. The molecule has 3 N–H and O–H groups in total. The van der Waals surface area contributed by atoms with Crippen LogP contribution in [0, 0.1) is 0 Å². The molecule has 0 unspecified atom stereocenters. The molecule has 2 atom stereocenters. The molecule has 0 amide bonds. The molecule has 1 aliphatic rings. The van der Waals surface area contributed by atoms with Crippen LogP contribution in [0.15, 0.2) is 22.9 Å². The summed E-state index contributed by atoms with van der Waals surface area (Å²) >= 11 is 0. The summed E-state index contributed by atoms with van der Waals surface area (Å²) in [7, 11) is 0. The molecule has 1 saturated heterocycles. The van der Waals surface area contributed by atoms with Crippen molar-refractivity contribution in [3.63, 3.8) is 0 Å². The number of hydrogen-bond donors (Lipinski definition) is 3. The Hall–Kier alpha value is -1.66. The molecule has 0 aliphatic carbocycles. The first-order valence-corrected chi connectivity index (χ1v) is 5.22. The van der Waals surface area contributed by atoms with Crippen molar-refractivity contribution in [2.24, 2.45) is 0 Å². The van der Waals surface area contributed by atoms with Gasteiger partial charge in [0.15, 0.2) is 0 Å².